The molecule has 14 heteroatoms. The van der Waals surface area contributed by atoms with E-state index < -0.39 is 24.3 Å². The zero-order valence-electron chi connectivity index (χ0n) is 34.6. The van der Waals surface area contributed by atoms with Crippen molar-refractivity contribution in [2.75, 3.05) is 27.3 Å². The van der Waals surface area contributed by atoms with Crippen LogP contribution in [-0.4, -0.2) is 81.0 Å². The molecule has 6 aromatic rings. The van der Waals surface area contributed by atoms with Gasteiger partial charge in [0.05, 0.1) is 43.9 Å². The number of alkyl carbamates (subject to hydrolysis) is 2. The van der Waals surface area contributed by atoms with Crippen LogP contribution in [0, 0.1) is 0 Å². The van der Waals surface area contributed by atoms with Crippen LogP contribution >= 0.6 is 0 Å². The van der Waals surface area contributed by atoms with Gasteiger partial charge < -0.3 is 39.9 Å². The van der Waals surface area contributed by atoms with Crippen LogP contribution in [0.3, 0.4) is 0 Å². The minimum Gasteiger partial charge on any atom is -0.453 e. The van der Waals surface area contributed by atoms with Gasteiger partial charge in [0, 0.05) is 24.3 Å². The van der Waals surface area contributed by atoms with Crippen molar-refractivity contribution in [1.29, 1.82) is 0 Å². The second-order valence-electron chi connectivity index (χ2n) is 15.9. The van der Waals surface area contributed by atoms with Crippen LogP contribution in [0.5, 0.6) is 0 Å². The van der Waals surface area contributed by atoms with E-state index in [2.05, 4.69) is 63.1 Å². The lowest BCUT2D eigenvalue weighted by Gasteiger charge is -2.28. The van der Waals surface area contributed by atoms with Gasteiger partial charge in [-0.1, -0.05) is 103 Å². The van der Waals surface area contributed by atoms with E-state index in [1.807, 2.05) is 71.8 Å². The van der Waals surface area contributed by atoms with Crippen molar-refractivity contribution in [2.45, 2.75) is 62.7 Å². The number of aromatic nitrogens is 4. The van der Waals surface area contributed by atoms with E-state index in [0.29, 0.717) is 30.0 Å². The van der Waals surface area contributed by atoms with Crippen LogP contribution in [0.1, 0.15) is 83.9 Å². The summed E-state index contributed by atoms with van der Waals surface area (Å²) in [5, 5.41) is 5.46. The molecule has 4 heterocycles. The molecule has 2 aromatic heterocycles. The average molecular weight is 833 g/mol. The SMILES string of the molecule is COC(=O)N[C@@H](C(=O)N1CCC[C@H]1c1ncc(-c2ccc(-c3ccc4c(c3)CCc3[nH]c([C@@H]5CCCN5C(=O)[C@H](NC(=O)OC)c5ccccc5)nc3-4)cc2)[nH]1)c1ccccc1. The van der Waals surface area contributed by atoms with Crippen molar-refractivity contribution in [3.8, 4) is 33.6 Å². The molecule has 14 nitrogen and oxygen atoms in total. The summed E-state index contributed by atoms with van der Waals surface area (Å²) in [6.45, 7) is 1.12. The molecule has 2 fully saturated rings. The molecule has 9 rings (SSSR count). The molecular weight excluding hydrogens is 785 g/mol. The number of methoxy groups -OCH3 is 2. The lowest BCUT2D eigenvalue weighted by molar-refractivity contribution is -0.135. The lowest BCUT2D eigenvalue weighted by atomic mass is 9.89. The van der Waals surface area contributed by atoms with Crippen LogP contribution < -0.4 is 10.6 Å². The Kier molecular flexibility index (Phi) is 11.3. The number of H-pyrrole nitrogens is 2. The molecule has 2 aliphatic heterocycles. The predicted molar refractivity (Wildman–Crippen MR) is 231 cm³/mol. The fourth-order valence-electron chi connectivity index (χ4n) is 9.14. The maximum absolute atomic E-state index is 14.1. The van der Waals surface area contributed by atoms with Gasteiger partial charge in [-0.15, -0.1) is 0 Å². The molecule has 1 aliphatic carbocycles. The number of nitrogens with one attached hydrogen (secondary N) is 4. The second kappa shape index (κ2) is 17.4. The standard InChI is InChI=1S/C48H48N8O6/c1-61-47(59)53-40(31-11-5-3-6-12-31)45(57)55-25-9-15-38(55)43-49-28-37(51-43)30-19-17-29(18-20-30)33-21-23-35-34(27-33)22-24-36-42(35)52-44(50-36)39-16-10-26-56(39)46(58)41(54-48(60)62-2)32-13-7-4-8-14-32/h3-8,11-14,17-21,23,27-28,38-41H,9-10,15-16,22,24-26H2,1-2H3,(H,49,51)(H,50,52)(H,53,59)(H,54,60)/t38-,39-,40+,41+/m0/s1. The first-order valence-corrected chi connectivity index (χ1v) is 21.1. The molecule has 4 aromatic carbocycles. The molecule has 316 valence electrons. The Balaban J connectivity index is 0.895. The number of fused-ring (bicyclic) bond motifs is 3. The Morgan fingerprint density at radius 2 is 1.21 bits per heavy atom. The molecule has 4 N–H and O–H groups in total. The number of amides is 4. The van der Waals surface area contributed by atoms with Gasteiger partial charge in [-0.25, -0.2) is 19.6 Å². The summed E-state index contributed by atoms with van der Waals surface area (Å²) in [5.41, 5.74) is 9.66. The number of hydrogen-bond acceptors (Lipinski definition) is 8. The third kappa shape index (κ3) is 7.91. The highest BCUT2D eigenvalue weighted by Crippen LogP contribution is 2.40. The summed E-state index contributed by atoms with van der Waals surface area (Å²) in [6, 6.07) is 31.0. The Morgan fingerprint density at radius 1 is 0.661 bits per heavy atom. The predicted octanol–water partition coefficient (Wildman–Crippen LogP) is 7.75. The molecule has 4 atom stereocenters. The highest BCUT2D eigenvalue weighted by Gasteiger charge is 2.39. The van der Waals surface area contributed by atoms with Crippen molar-refractivity contribution >= 4 is 24.0 Å². The molecule has 0 unspecified atom stereocenters. The fourth-order valence-corrected chi connectivity index (χ4v) is 9.14. The van der Waals surface area contributed by atoms with Crippen LogP contribution in [0.2, 0.25) is 0 Å². The van der Waals surface area contributed by atoms with Crippen molar-refractivity contribution in [1.82, 2.24) is 40.4 Å². The number of carbonyl (C=O) groups excluding carboxylic acids is 4. The number of nitrogens with zero attached hydrogens (tertiary/aromatic N) is 4. The third-order valence-electron chi connectivity index (χ3n) is 12.3. The molecule has 3 aliphatic rings. The van der Waals surface area contributed by atoms with Crippen LogP contribution in [0.25, 0.3) is 33.6 Å². The summed E-state index contributed by atoms with van der Waals surface area (Å²) in [7, 11) is 2.57. The molecule has 62 heavy (non-hydrogen) atoms. The van der Waals surface area contributed by atoms with E-state index >= 15 is 0 Å². The Hall–Kier alpha value is -7.22. The summed E-state index contributed by atoms with van der Waals surface area (Å²) in [5.74, 6) is 1.06. The minimum atomic E-state index is -0.883. The van der Waals surface area contributed by atoms with E-state index in [1.165, 1.54) is 19.8 Å². The zero-order chi connectivity index (χ0) is 42.7. The summed E-state index contributed by atoms with van der Waals surface area (Å²) in [4.78, 5) is 73.1. The first-order valence-electron chi connectivity index (χ1n) is 21.1. The van der Waals surface area contributed by atoms with Gasteiger partial charge in [0.25, 0.3) is 11.8 Å². The van der Waals surface area contributed by atoms with Crippen LogP contribution in [-0.2, 0) is 31.9 Å². The molecule has 4 amide bonds. The summed E-state index contributed by atoms with van der Waals surface area (Å²) >= 11 is 0. The molecule has 0 saturated carbocycles. The van der Waals surface area contributed by atoms with E-state index in [-0.39, 0.29) is 23.9 Å². The maximum Gasteiger partial charge on any atom is 0.407 e. The third-order valence-corrected chi connectivity index (χ3v) is 12.3. The van der Waals surface area contributed by atoms with E-state index in [0.717, 1.165) is 83.7 Å². The Labute approximate surface area is 359 Å². The first kappa shape index (κ1) is 40.2. The zero-order valence-corrected chi connectivity index (χ0v) is 34.6. The maximum atomic E-state index is 14.1. The fraction of sp³-hybridized carbons (Fsp3) is 0.292. The van der Waals surface area contributed by atoms with Crippen LogP contribution in [0.15, 0.2) is 109 Å². The molecule has 0 spiro atoms. The van der Waals surface area contributed by atoms with Crippen molar-refractivity contribution in [3.05, 3.63) is 143 Å². The van der Waals surface area contributed by atoms with Gasteiger partial charge in [0.15, 0.2) is 0 Å². The van der Waals surface area contributed by atoms with E-state index in [4.69, 9.17) is 19.4 Å². The van der Waals surface area contributed by atoms with Gasteiger partial charge in [-0.2, -0.15) is 0 Å². The van der Waals surface area contributed by atoms with Gasteiger partial charge in [0.2, 0.25) is 0 Å². The number of aryl methyl sites for hydroxylation is 2. The Morgan fingerprint density at radius 3 is 1.79 bits per heavy atom. The number of imidazole rings is 2. The number of likely N-dealkylation sites (tertiary alicyclic amines) is 2. The molecule has 0 bridgehead atoms. The normalized spacial score (nSPS) is 17.7. The van der Waals surface area contributed by atoms with Gasteiger partial charge in [0.1, 0.15) is 23.7 Å². The number of benzene rings is 4. The van der Waals surface area contributed by atoms with E-state index in [9.17, 15) is 19.2 Å². The highest BCUT2D eigenvalue weighted by molar-refractivity contribution is 5.88. The topological polar surface area (TPSA) is 175 Å². The summed E-state index contributed by atoms with van der Waals surface area (Å²) in [6.07, 6.45) is 5.29. The minimum absolute atomic E-state index is 0.196. The molecular formula is C48H48N8O6. The van der Waals surface area contributed by atoms with Gasteiger partial charge in [-0.3, -0.25) is 9.59 Å². The number of rotatable bonds is 10. The number of carbonyl (C=O) groups is 4. The molecule has 0 radical (unpaired) electrons. The largest absolute Gasteiger partial charge is 0.453 e. The summed E-state index contributed by atoms with van der Waals surface area (Å²) < 4.78 is 9.70. The number of hydrogen-bond donors (Lipinski definition) is 4. The smallest absolute Gasteiger partial charge is 0.407 e. The van der Waals surface area contributed by atoms with Crippen LogP contribution in [0.4, 0.5) is 9.59 Å². The lowest BCUT2D eigenvalue weighted by Crippen LogP contribution is -2.42. The second-order valence-corrected chi connectivity index (χ2v) is 15.9. The quantitative estimate of drug-likeness (QED) is 0.108. The van der Waals surface area contributed by atoms with Crippen molar-refractivity contribution in [2.24, 2.45) is 0 Å². The Bertz CT molecular complexity index is 2590. The number of ether oxygens (including phenoxy) is 2. The van der Waals surface area contributed by atoms with E-state index in [1.54, 1.807) is 4.90 Å². The van der Waals surface area contributed by atoms with Gasteiger partial charge >= 0.3 is 12.2 Å². The number of aromatic amines is 2. The van der Waals surface area contributed by atoms with Crippen molar-refractivity contribution in [3.63, 3.8) is 0 Å². The first-order chi connectivity index (χ1) is 30.3. The highest BCUT2D eigenvalue weighted by atomic mass is 16.5. The molecule has 2 saturated heterocycles. The van der Waals surface area contributed by atoms with Crippen molar-refractivity contribution < 1.29 is 28.7 Å². The average Bonchev–Trinajstić information content (AvgIpc) is 4.17. The van der Waals surface area contributed by atoms with Gasteiger partial charge in [-0.05, 0) is 71.9 Å². The monoisotopic (exact) mass is 832 g/mol.